The highest BCUT2D eigenvalue weighted by molar-refractivity contribution is 6.11. The van der Waals surface area contributed by atoms with E-state index in [1.54, 1.807) is 0 Å². The molecular weight excluding hydrogens is 719 g/mol. The molecule has 0 spiro atoms. The molecule has 0 fully saturated rings. The fourth-order valence-corrected chi connectivity index (χ4v) is 8.02. The Hall–Kier alpha value is -7.76. The minimum absolute atomic E-state index is 0.127. The molecule has 0 saturated heterocycles. The number of fused-ring (bicyclic) bond motifs is 1. The summed E-state index contributed by atoms with van der Waals surface area (Å²) >= 11 is 0. The molecule has 0 saturated carbocycles. The summed E-state index contributed by atoms with van der Waals surface area (Å²) in [5, 5.41) is 6.17. The molecule has 1 atom stereocenters. The molecule has 59 heavy (non-hydrogen) atoms. The average molecular weight is 759 g/mol. The van der Waals surface area contributed by atoms with Gasteiger partial charge < -0.3 is 5.32 Å². The minimum Gasteiger partial charge on any atom is -0.306 e. The molecule has 10 rings (SSSR count). The van der Waals surface area contributed by atoms with Crippen molar-refractivity contribution in [3.63, 3.8) is 0 Å². The first-order chi connectivity index (χ1) is 29.2. The average Bonchev–Trinajstić information content (AvgIpc) is 3.32. The van der Waals surface area contributed by atoms with E-state index in [1.807, 2.05) is 48.5 Å². The van der Waals surface area contributed by atoms with E-state index in [1.165, 1.54) is 21.9 Å². The molecule has 1 aromatic heterocycles. The molecule has 0 bridgehead atoms. The lowest BCUT2D eigenvalue weighted by Crippen LogP contribution is -2.42. The number of aliphatic imine (C=N–C) groups is 1. The standard InChI is InChI=1S/C54H39N5/c1-59-53(44-23-12-5-13-24-44)57-52(43-21-10-4-11-22-43)58-54(59)45-32-30-41(31-33-45)50-46-25-15-14-16-37(46)34-35-47(50)38-26-28-40(29-27-38)49-36-48(39-17-6-2-7-18-39)55-51(56-49)42-19-8-3-9-20-42/h2-36,54H,1H3/p+1. The van der Waals surface area contributed by atoms with Crippen LogP contribution in [0.5, 0.6) is 0 Å². The Labute approximate surface area is 344 Å². The van der Waals surface area contributed by atoms with Crippen LogP contribution in [0.15, 0.2) is 217 Å². The molecular formula is C54H40N5+. The zero-order valence-electron chi connectivity index (χ0n) is 32.6. The molecule has 8 aromatic carbocycles. The normalized spacial score (nSPS) is 13.8. The Morgan fingerprint density at radius 1 is 0.441 bits per heavy atom. The van der Waals surface area contributed by atoms with Crippen LogP contribution in [-0.2, 0) is 0 Å². The van der Waals surface area contributed by atoms with Gasteiger partial charge in [0.1, 0.15) is 0 Å². The van der Waals surface area contributed by atoms with E-state index in [0.29, 0.717) is 5.82 Å². The van der Waals surface area contributed by atoms with E-state index in [2.05, 4.69) is 181 Å². The van der Waals surface area contributed by atoms with Crippen LogP contribution in [0.2, 0.25) is 0 Å². The van der Waals surface area contributed by atoms with Gasteiger partial charge in [-0.05, 0) is 68.4 Å². The molecule has 280 valence electrons. The summed E-state index contributed by atoms with van der Waals surface area (Å²) in [6.45, 7) is 0. The zero-order valence-corrected chi connectivity index (χ0v) is 32.6. The van der Waals surface area contributed by atoms with E-state index in [4.69, 9.17) is 15.0 Å². The minimum atomic E-state index is -0.127. The van der Waals surface area contributed by atoms with Crippen molar-refractivity contribution < 1.29 is 4.58 Å². The van der Waals surface area contributed by atoms with Crippen LogP contribution in [0, 0.1) is 0 Å². The SMILES string of the molecule is C[N+]1=C(c2ccccc2)N=C(c2ccccc2)NC1c1ccc(-c2c(-c3ccc(-c4cc(-c5ccccc5)nc(-c5ccccc5)n4)cc3)ccc3ccccc23)cc1. The van der Waals surface area contributed by atoms with Gasteiger partial charge in [0.15, 0.2) is 12.0 Å². The van der Waals surface area contributed by atoms with E-state index in [0.717, 1.165) is 67.6 Å². The van der Waals surface area contributed by atoms with E-state index in [-0.39, 0.29) is 6.17 Å². The predicted molar refractivity (Wildman–Crippen MR) is 242 cm³/mol. The summed E-state index contributed by atoms with van der Waals surface area (Å²) < 4.78 is 2.23. The number of nitrogens with one attached hydrogen (secondary N) is 1. The molecule has 9 aromatic rings. The van der Waals surface area contributed by atoms with Crippen LogP contribution in [-0.4, -0.2) is 33.3 Å². The number of benzene rings is 8. The van der Waals surface area contributed by atoms with Crippen LogP contribution in [0.4, 0.5) is 0 Å². The first-order valence-corrected chi connectivity index (χ1v) is 19.9. The first-order valence-electron chi connectivity index (χ1n) is 19.9. The van der Waals surface area contributed by atoms with Gasteiger partial charge >= 0.3 is 5.84 Å². The van der Waals surface area contributed by atoms with E-state index >= 15 is 0 Å². The van der Waals surface area contributed by atoms with Crippen molar-refractivity contribution in [2.75, 3.05) is 7.05 Å². The van der Waals surface area contributed by atoms with Gasteiger partial charge in [-0.2, -0.15) is 0 Å². The third-order valence-electron chi connectivity index (χ3n) is 11.1. The van der Waals surface area contributed by atoms with Crippen molar-refractivity contribution in [1.82, 2.24) is 15.3 Å². The fraction of sp³-hybridized carbons (Fsp3) is 0.0370. The molecule has 0 amide bonds. The molecule has 2 heterocycles. The second-order valence-electron chi connectivity index (χ2n) is 14.8. The van der Waals surface area contributed by atoms with Crippen molar-refractivity contribution in [2.24, 2.45) is 4.99 Å². The highest BCUT2D eigenvalue weighted by Gasteiger charge is 2.32. The summed E-state index contributed by atoms with van der Waals surface area (Å²) in [6, 6.07) is 74.3. The maximum absolute atomic E-state index is 5.13. The number of aromatic nitrogens is 2. The summed E-state index contributed by atoms with van der Waals surface area (Å²) in [5.41, 5.74) is 12.8. The highest BCUT2D eigenvalue weighted by Crippen LogP contribution is 2.39. The van der Waals surface area contributed by atoms with Crippen LogP contribution in [0.1, 0.15) is 22.9 Å². The zero-order chi connectivity index (χ0) is 39.5. The molecule has 1 aliphatic heterocycles. The van der Waals surface area contributed by atoms with Crippen molar-refractivity contribution in [3.8, 4) is 56.2 Å². The van der Waals surface area contributed by atoms with Crippen LogP contribution >= 0.6 is 0 Å². The van der Waals surface area contributed by atoms with Crippen molar-refractivity contribution in [2.45, 2.75) is 6.17 Å². The Bertz CT molecular complexity index is 2920. The molecule has 1 N–H and O–H groups in total. The Balaban J connectivity index is 1.03. The van der Waals surface area contributed by atoms with Gasteiger partial charge in [0.2, 0.25) is 0 Å². The Kier molecular flexibility index (Phi) is 9.45. The molecule has 5 heteroatoms. The van der Waals surface area contributed by atoms with Gasteiger partial charge in [-0.25, -0.2) is 14.5 Å². The Morgan fingerprint density at radius 2 is 0.949 bits per heavy atom. The Morgan fingerprint density at radius 3 is 1.59 bits per heavy atom. The van der Waals surface area contributed by atoms with Gasteiger partial charge in [0.25, 0.3) is 5.84 Å². The topological polar surface area (TPSA) is 53.2 Å². The third-order valence-corrected chi connectivity index (χ3v) is 11.1. The molecule has 1 unspecified atom stereocenters. The van der Waals surface area contributed by atoms with Crippen molar-refractivity contribution in [3.05, 3.63) is 229 Å². The van der Waals surface area contributed by atoms with Gasteiger partial charge in [-0.1, -0.05) is 182 Å². The number of rotatable bonds is 8. The lowest BCUT2D eigenvalue weighted by atomic mass is 9.89. The maximum Gasteiger partial charge on any atom is 0.330 e. The van der Waals surface area contributed by atoms with Gasteiger partial charge in [0.05, 0.1) is 24.0 Å². The van der Waals surface area contributed by atoms with Gasteiger partial charge in [0, 0.05) is 27.8 Å². The summed E-state index contributed by atoms with van der Waals surface area (Å²) in [4.78, 5) is 15.2. The number of hydrogen-bond acceptors (Lipinski definition) is 4. The second kappa shape index (κ2) is 15.6. The summed E-state index contributed by atoms with van der Waals surface area (Å²) in [5.74, 6) is 2.48. The molecule has 0 aliphatic carbocycles. The van der Waals surface area contributed by atoms with Crippen LogP contribution in [0.3, 0.4) is 0 Å². The first kappa shape index (κ1) is 35.6. The van der Waals surface area contributed by atoms with E-state index < -0.39 is 0 Å². The predicted octanol–water partition coefficient (Wildman–Crippen LogP) is 12.1. The summed E-state index contributed by atoms with van der Waals surface area (Å²) in [6.07, 6.45) is -0.127. The van der Waals surface area contributed by atoms with Crippen LogP contribution in [0.25, 0.3) is 66.9 Å². The molecule has 0 radical (unpaired) electrons. The largest absolute Gasteiger partial charge is 0.330 e. The second-order valence-corrected chi connectivity index (χ2v) is 14.8. The number of nitrogens with zero attached hydrogens (tertiary/aromatic N) is 4. The van der Waals surface area contributed by atoms with Crippen molar-refractivity contribution in [1.29, 1.82) is 0 Å². The number of amidine groups is 2. The molecule has 1 aliphatic rings. The maximum atomic E-state index is 5.13. The van der Waals surface area contributed by atoms with Crippen LogP contribution < -0.4 is 5.32 Å². The van der Waals surface area contributed by atoms with Gasteiger partial charge in [-0.15, -0.1) is 0 Å². The lowest BCUT2D eigenvalue weighted by molar-refractivity contribution is -0.550. The quantitative estimate of drug-likeness (QED) is 0.157. The molecule has 5 nitrogen and oxygen atoms in total. The summed E-state index contributed by atoms with van der Waals surface area (Å²) in [7, 11) is 2.11. The highest BCUT2D eigenvalue weighted by atomic mass is 15.3. The van der Waals surface area contributed by atoms with Crippen molar-refractivity contribution >= 4 is 22.4 Å². The lowest BCUT2D eigenvalue weighted by Gasteiger charge is -2.24. The fourth-order valence-electron chi connectivity index (χ4n) is 8.02. The number of hydrogen-bond donors (Lipinski definition) is 1. The smallest absolute Gasteiger partial charge is 0.306 e. The third kappa shape index (κ3) is 7.11. The monoisotopic (exact) mass is 758 g/mol. The van der Waals surface area contributed by atoms with Gasteiger partial charge in [-0.3, -0.25) is 0 Å². The van der Waals surface area contributed by atoms with E-state index in [9.17, 15) is 0 Å².